The lowest BCUT2D eigenvalue weighted by molar-refractivity contribution is -0.138. The fourth-order valence-electron chi connectivity index (χ4n) is 2.53. The summed E-state index contributed by atoms with van der Waals surface area (Å²) in [5, 5.41) is 5.28. The summed E-state index contributed by atoms with van der Waals surface area (Å²) in [4.78, 5) is 38.5. The minimum absolute atomic E-state index is 0.285. The number of unbranched alkanes of at least 4 members (excludes halogenated alkanes) is 1. The van der Waals surface area contributed by atoms with Crippen molar-refractivity contribution in [3.8, 4) is 12.3 Å². The Morgan fingerprint density at radius 1 is 1.17 bits per heavy atom. The van der Waals surface area contributed by atoms with Gasteiger partial charge in [0, 0.05) is 19.2 Å². The van der Waals surface area contributed by atoms with Crippen LogP contribution < -0.4 is 10.6 Å². The van der Waals surface area contributed by atoms with Crippen molar-refractivity contribution in [3.05, 3.63) is 35.4 Å². The maximum Gasteiger partial charge on any atom is 0.408 e. The minimum atomic E-state index is -0.841. The van der Waals surface area contributed by atoms with E-state index in [9.17, 15) is 14.4 Å². The summed E-state index contributed by atoms with van der Waals surface area (Å²) >= 11 is 0. The molecule has 0 aliphatic rings. The number of carbonyl (C=O) groups is 3. The molecule has 7 heteroatoms. The van der Waals surface area contributed by atoms with E-state index in [-0.39, 0.29) is 12.5 Å². The van der Waals surface area contributed by atoms with Crippen LogP contribution >= 0.6 is 0 Å². The largest absolute Gasteiger partial charge is 0.444 e. The predicted molar refractivity (Wildman–Crippen MR) is 112 cm³/mol. The molecular weight excluding hydrogens is 370 g/mol. The molecule has 0 fully saturated rings. The Morgan fingerprint density at radius 2 is 1.79 bits per heavy atom. The lowest BCUT2D eigenvalue weighted by Crippen LogP contribution is -2.46. The van der Waals surface area contributed by atoms with Gasteiger partial charge in [0.1, 0.15) is 18.2 Å². The third-order valence-electron chi connectivity index (χ3n) is 4.03. The van der Waals surface area contributed by atoms with Gasteiger partial charge in [-0.05, 0) is 44.9 Å². The number of hydrogen-bond acceptors (Lipinski definition) is 4. The Hall–Kier alpha value is -3.01. The number of nitrogens with one attached hydrogen (secondary N) is 2. The molecule has 0 spiro atoms. The average molecular weight is 402 g/mol. The fourth-order valence-corrected chi connectivity index (χ4v) is 2.53. The number of likely N-dealkylation sites (N-methyl/N-ethyl adjacent to an activating group) is 1. The van der Waals surface area contributed by atoms with Gasteiger partial charge in [0.15, 0.2) is 0 Å². The van der Waals surface area contributed by atoms with Crippen molar-refractivity contribution in [2.75, 3.05) is 20.1 Å². The first-order valence-electron chi connectivity index (χ1n) is 9.65. The molecule has 1 rings (SSSR count). The first kappa shape index (κ1) is 24.0. The highest BCUT2D eigenvalue weighted by Crippen LogP contribution is 2.21. The number of rotatable bonds is 8. The molecule has 1 aromatic rings. The number of alkyl carbamates (subject to hydrolysis) is 1. The average Bonchev–Trinajstić information content (AvgIpc) is 2.65. The van der Waals surface area contributed by atoms with Gasteiger partial charge in [-0.3, -0.25) is 9.59 Å². The van der Waals surface area contributed by atoms with Gasteiger partial charge in [-0.1, -0.05) is 31.4 Å². The molecular formula is C22H31N3O4. The van der Waals surface area contributed by atoms with E-state index in [0.717, 1.165) is 12.8 Å². The molecule has 29 heavy (non-hydrogen) atoms. The number of hydrogen-bond donors (Lipinski definition) is 2. The van der Waals surface area contributed by atoms with Gasteiger partial charge in [-0.15, -0.1) is 6.42 Å². The smallest absolute Gasteiger partial charge is 0.408 e. The zero-order chi connectivity index (χ0) is 22.0. The molecule has 1 atom stereocenters. The SMILES string of the molecule is C#Cc1ccc(C(C(=O)NCCCC)N(C)C(=O)CNC(=O)OC(C)(C)C)cc1. The van der Waals surface area contributed by atoms with Gasteiger partial charge in [0.25, 0.3) is 0 Å². The van der Waals surface area contributed by atoms with E-state index >= 15 is 0 Å². The van der Waals surface area contributed by atoms with Crippen molar-refractivity contribution in [3.63, 3.8) is 0 Å². The van der Waals surface area contributed by atoms with E-state index in [1.54, 1.807) is 45.0 Å². The van der Waals surface area contributed by atoms with Gasteiger partial charge < -0.3 is 20.3 Å². The number of ether oxygens (including phenoxy) is 1. The minimum Gasteiger partial charge on any atom is -0.444 e. The summed E-state index contributed by atoms with van der Waals surface area (Å²) in [6.45, 7) is 7.46. The quantitative estimate of drug-likeness (QED) is 0.518. The highest BCUT2D eigenvalue weighted by molar-refractivity contribution is 5.90. The summed E-state index contributed by atoms with van der Waals surface area (Å²) < 4.78 is 5.13. The molecule has 7 nitrogen and oxygen atoms in total. The molecule has 158 valence electrons. The van der Waals surface area contributed by atoms with E-state index in [0.29, 0.717) is 17.7 Å². The lowest BCUT2D eigenvalue weighted by atomic mass is 10.0. The molecule has 3 amide bonds. The number of amides is 3. The Bertz CT molecular complexity index is 745. The fraction of sp³-hybridized carbons (Fsp3) is 0.500. The Balaban J connectivity index is 2.92. The number of benzene rings is 1. The second-order valence-electron chi connectivity index (χ2n) is 7.67. The van der Waals surface area contributed by atoms with Crippen LogP contribution in [0.2, 0.25) is 0 Å². The molecule has 0 saturated carbocycles. The van der Waals surface area contributed by atoms with Crippen LogP contribution in [0.4, 0.5) is 4.79 Å². The Labute approximate surface area is 173 Å². The van der Waals surface area contributed by atoms with Gasteiger partial charge in [-0.25, -0.2) is 4.79 Å². The predicted octanol–water partition coefficient (Wildman–Crippen LogP) is 2.61. The summed E-state index contributed by atoms with van der Waals surface area (Å²) in [6, 6.07) is 6.05. The third-order valence-corrected chi connectivity index (χ3v) is 4.03. The second-order valence-corrected chi connectivity index (χ2v) is 7.67. The van der Waals surface area contributed by atoms with Crippen LogP contribution in [0.3, 0.4) is 0 Å². The van der Waals surface area contributed by atoms with Gasteiger partial charge in [-0.2, -0.15) is 0 Å². The maximum absolute atomic E-state index is 12.8. The van der Waals surface area contributed by atoms with E-state index < -0.39 is 23.6 Å². The first-order chi connectivity index (χ1) is 13.6. The Morgan fingerprint density at radius 3 is 2.31 bits per heavy atom. The van der Waals surface area contributed by atoms with Crippen molar-refractivity contribution in [1.82, 2.24) is 15.5 Å². The van der Waals surface area contributed by atoms with E-state index in [1.807, 2.05) is 6.92 Å². The van der Waals surface area contributed by atoms with E-state index in [4.69, 9.17) is 11.2 Å². The van der Waals surface area contributed by atoms with Crippen LogP contribution in [-0.4, -0.2) is 48.5 Å². The van der Waals surface area contributed by atoms with Crippen molar-refractivity contribution in [2.24, 2.45) is 0 Å². The molecule has 0 aromatic heterocycles. The van der Waals surface area contributed by atoms with Crippen LogP contribution in [0.15, 0.2) is 24.3 Å². The molecule has 0 bridgehead atoms. The topological polar surface area (TPSA) is 87.7 Å². The molecule has 0 heterocycles. The maximum atomic E-state index is 12.8. The van der Waals surface area contributed by atoms with Gasteiger partial charge >= 0.3 is 6.09 Å². The van der Waals surface area contributed by atoms with Gasteiger partial charge in [0.2, 0.25) is 11.8 Å². The van der Waals surface area contributed by atoms with Crippen molar-refractivity contribution < 1.29 is 19.1 Å². The van der Waals surface area contributed by atoms with Gasteiger partial charge in [0.05, 0.1) is 0 Å². The van der Waals surface area contributed by atoms with Crippen LogP contribution in [0.25, 0.3) is 0 Å². The highest BCUT2D eigenvalue weighted by atomic mass is 16.6. The molecule has 1 aromatic carbocycles. The van der Waals surface area contributed by atoms with Crippen LogP contribution in [-0.2, 0) is 14.3 Å². The van der Waals surface area contributed by atoms with Crippen molar-refractivity contribution in [2.45, 2.75) is 52.2 Å². The van der Waals surface area contributed by atoms with Crippen LogP contribution in [0.5, 0.6) is 0 Å². The highest BCUT2D eigenvalue weighted by Gasteiger charge is 2.29. The van der Waals surface area contributed by atoms with E-state index in [1.165, 1.54) is 11.9 Å². The summed E-state index contributed by atoms with van der Waals surface area (Å²) in [5.41, 5.74) is 0.644. The number of terminal acetylenes is 1. The third kappa shape index (κ3) is 8.26. The summed E-state index contributed by atoms with van der Waals surface area (Å²) in [6.07, 6.45) is 6.48. The molecule has 0 saturated heterocycles. The number of carbonyl (C=O) groups excluding carboxylic acids is 3. The molecule has 0 aliphatic carbocycles. The lowest BCUT2D eigenvalue weighted by Gasteiger charge is -2.28. The molecule has 1 unspecified atom stereocenters. The van der Waals surface area contributed by atoms with E-state index in [2.05, 4.69) is 16.6 Å². The molecule has 2 N–H and O–H groups in total. The first-order valence-corrected chi connectivity index (χ1v) is 9.65. The zero-order valence-corrected chi connectivity index (χ0v) is 17.9. The van der Waals surface area contributed by atoms with Crippen molar-refractivity contribution >= 4 is 17.9 Å². The standard InChI is InChI=1S/C22H31N3O4/c1-7-9-14-23-20(27)19(17-12-10-16(8-2)11-13-17)25(6)18(26)15-24-21(28)29-22(3,4)5/h2,10-13,19H,7,9,14-15H2,1,3-6H3,(H,23,27)(H,24,28). The summed E-state index contributed by atoms with van der Waals surface area (Å²) in [5.74, 6) is 1.81. The van der Waals surface area contributed by atoms with Crippen LogP contribution in [0.1, 0.15) is 57.7 Å². The second kappa shape index (κ2) is 11.1. The monoisotopic (exact) mass is 401 g/mol. The number of nitrogens with zero attached hydrogens (tertiary/aromatic N) is 1. The zero-order valence-electron chi connectivity index (χ0n) is 17.9. The molecule has 0 aliphatic heterocycles. The van der Waals surface area contributed by atoms with Crippen molar-refractivity contribution in [1.29, 1.82) is 0 Å². The summed E-state index contributed by atoms with van der Waals surface area (Å²) in [7, 11) is 1.53. The normalized spacial score (nSPS) is 11.7. The Kier molecular flexibility index (Phi) is 9.20. The molecule has 0 radical (unpaired) electrons. The van der Waals surface area contributed by atoms with Crippen LogP contribution in [0, 0.1) is 12.3 Å².